The Morgan fingerprint density at radius 2 is 2.03 bits per heavy atom. The monoisotopic (exact) mass is 452 g/mol. The van der Waals surface area contributed by atoms with E-state index in [0.29, 0.717) is 29.7 Å². The topological polar surface area (TPSA) is 84.3 Å². The van der Waals surface area contributed by atoms with Crippen molar-refractivity contribution in [2.75, 3.05) is 13.1 Å². The summed E-state index contributed by atoms with van der Waals surface area (Å²) in [6.45, 7) is 5.35. The minimum absolute atomic E-state index is 0.00322. The van der Waals surface area contributed by atoms with E-state index in [4.69, 9.17) is 0 Å². The number of hydrogen-bond acceptors (Lipinski definition) is 5. The number of benzene rings is 1. The SMILES string of the molecule is CCC(=O)NC1CCCN(C(=O)CCn2cnc3scc(-c4ccc(C)cc4)c3c2=O)C1. The summed E-state index contributed by atoms with van der Waals surface area (Å²) in [6.07, 6.45) is 3.95. The van der Waals surface area contributed by atoms with Gasteiger partial charge in [0.1, 0.15) is 4.83 Å². The molecule has 0 radical (unpaired) electrons. The number of amides is 2. The summed E-state index contributed by atoms with van der Waals surface area (Å²) in [5.74, 6) is 0.00638. The lowest BCUT2D eigenvalue weighted by Gasteiger charge is -2.33. The Bertz CT molecular complexity index is 1180. The minimum atomic E-state index is -0.119. The summed E-state index contributed by atoms with van der Waals surface area (Å²) in [5, 5.41) is 5.56. The molecule has 0 aliphatic carbocycles. The highest BCUT2D eigenvalue weighted by molar-refractivity contribution is 7.17. The predicted octanol–water partition coefficient (Wildman–Crippen LogP) is 3.34. The van der Waals surface area contributed by atoms with Gasteiger partial charge in [0.05, 0.1) is 11.7 Å². The number of rotatable bonds is 6. The lowest BCUT2D eigenvalue weighted by Crippen LogP contribution is -2.49. The minimum Gasteiger partial charge on any atom is -0.352 e. The van der Waals surface area contributed by atoms with Crippen molar-refractivity contribution in [3.8, 4) is 11.1 Å². The highest BCUT2D eigenvalue weighted by atomic mass is 32.1. The Kier molecular flexibility index (Phi) is 6.69. The van der Waals surface area contributed by atoms with Crippen LogP contribution >= 0.6 is 11.3 Å². The Labute approximate surface area is 191 Å². The van der Waals surface area contributed by atoms with Crippen LogP contribution in [0.1, 0.15) is 38.2 Å². The molecule has 0 saturated carbocycles. The number of fused-ring (bicyclic) bond motifs is 1. The van der Waals surface area contributed by atoms with Crippen molar-refractivity contribution in [1.29, 1.82) is 0 Å². The van der Waals surface area contributed by atoms with E-state index in [2.05, 4.69) is 10.3 Å². The zero-order chi connectivity index (χ0) is 22.7. The van der Waals surface area contributed by atoms with Gasteiger partial charge in [-0.05, 0) is 25.3 Å². The normalized spacial score (nSPS) is 16.3. The van der Waals surface area contributed by atoms with E-state index in [9.17, 15) is 14.4 Å². The first-order chi connectivity index (χ1) is 15.5. The van der Waals surface area contributed by atoms with Gasteiger partial charge in [0, 0.05) is 49.5 Å². The number of likely N-dealkylation sites (tertiary alicyclic amines) is 1. The van der Waals surface area contributed by atoms with Crippen LogP contribution in [-0.4, -0.2) is 45.4 Å². The fourth-order valence-electron chi connectivity index (χ4n) is 4.10. The van der Waals surface area contributed by atoms with Crippen LogP contribution in [0.15, 0.2) is 40.8 Å². The summed E-state index contributed by atoms with van der Waals surface area (Å²) in [6, 6.07) is 8.09. The van der Waals surface area contributed by atoms with Gasteiger partial charge in [-0.2, -0.15) is 0 Å². The zero-order valence-electron chi connectivity index (χ0n) is 18.5. The van der Waals surface area contributed by atoms with Crippen LogP contribution in [-0.2, 0) is 16.1 Å². The van der Waals surface area contributed by atoms with Gasteiger partial charge in [-0.1, -0.05) is 36.8 Å². The van der Waals surface area contributed by atoms with E-state index >= 15 is 0 Å². The largest absolute Gasteiger partial charge is 0.352 e. The van der Waals surface area contributed by atoms with Gasteiger partial charge in [0.25, 0.3) is 5.56 Å². The molecule has 1 aliphatic heterocycles. The van der Waals surface area contributed by atoms with Gasteiger partial charge in [0.2, 0.25) is 11.8 Å². The maximum atomic E-state index is 13.2. The van der Waals surface area contributed by atoms with Crippen molar-refractivity contribution < 1.29 is 9.59 Å². The molecule has 2 aromatic heterocycles. The van der Waals surface area contributed by atoms with Crippen LogP contribution in [0, 0.1) is 6.92 Å². The van der Waals surface area contributed by atoms with Crippen LogP contribution in [0.5, 0.6) is 0 Å². The maximum absolute atomic E-state index is 13.2. The van der Waals surface area contributed by atoms with Crippen molar-refractivity contribution >= 4 is 33.4 Å². The molecule has 168 valence electrons. The molecule has 1 N–H and O–H groups in total. The number of aryl methyl sites for hydroxylation is 2. The molecular formula is C24H28N4O3S. The molecule has 1 saturated heterocycles. The summed E-state index contributed by atoms with van der Waals surface area (Å²) in [4.78, 5) is 44.6. The highest BCUT2D eigenvalue weighted by Gasteiger charge is 2.24. The van der Waals surface area contributed by atoms with E-state index < -0.39 is 0 Å². The molecule has 4 rings (SSSR count). The molecule has 1 atom stereocenters. The lowest BCUT2D eigenvalue weighted by molar-refractivity contribution is -0.133. The maximum Gasteiger partial charge on any atom is 0.262 e. The van der Waals surface area contributed by atoms with Crippen LogP contribution in [0.4, 0.5) is 0 Å². The number of aromatic nitrogens is 2. The number of carbonyl (C=O) groups is 2. The van der Waals surface area contributed by atoms with Crippen molar-refractivity contribution in [3.05, 3.63) is 51.9 Å². The van der Waals surface area contributed by atoms with Gasteiger partial charge < -0.3 is 10.2 Å². The lowest BCUT2D eigenvalue weighted by atomic mass is 10.0. The fraction of sp³-hybridized carbons (Fsp3) is 0.417. The van der Waals surface area contributed by atoms with Crippen molar-refractivity contribution in [3.63, 3.8) is 0 Å². The molecule has 0 bridgehead atoms. The average Bonchev–Trinajstić information content (AvgIpc) is 3.24. The Balaban J connectivity index is 1.47. The number of thiophene rings is 1. The zero-order valence-corrected chi connectivity index (χ0v) is 19.3. The first kappa shape index (κ1) is 22.2. The second-order valence-corrected chi connectivity index (χ2v) is 9.15. The van der Waals surface area contributed by atoms with Gasteiger partial charge in [0.15, 0.2) is 0 Å². The quantitative estimate of drug-likeness (QED) is 0.622. The van der Waals surface area contributed by atoms with E-state index in [1.807, 2.05) is 43.5 Å². The molecule has 32 heavy (non-hydrogen) atoms. The van der Waals surface area contributed by atoms with Crippen LogP contribution < -0.4 is 10.9 Å². The van der Waals surface area contributed by atoms with Crippen LogP contribution in [0.25, 0.3) is 21.3 Å². The van der Waals surface area contributed by atoms with Crippen molar-refractivity contribution in [1.82, 2.24) is 19.8 Å². The van der Waals surface area contributed by atoms with Crippen LogP contribution in [0.2, 0.25) is 0 Å². The average molecular weight is 453 g/mol. The van der Waals surface area contributed by atoms with Gasteiger partial charge in [-0.15, -0.1) is 11.3 Å². The molecule has 3 aromatic rings. The molecule has 1 aromatic carbocycles. The first-order valence-electron chi connectivity index (χ1n) is 11.1. The summed E-state index contributed by atoms with van der Waals surface area (Å²) < 4.78 is 1.53. The second kappa shape index (κ2) is 9.65. The van der Waals surface area contributed by atoms with E-state index in [-0.39, 0.29) is 36.4 Å². The summed E-state index contributed by atoms with van der Waals surface area (Å²) >= 11 is 1.46. The van der Waals surface area contributed by atoms with Gasteiger partial charge >= 0.3 is 0 Å². The molecule has 0 spiro atoms. The van der Waals surface area contributed by atoms with Gasteiger partial charge in [-0.3, -0.25) is 19.0 Å². The van der Waals surface area contributed by atoms with E-state index in [1.54, 1.807) is 4.90 Å². The molecule has 2 amide bonds. The fourth-order valence-corrected chi connectivity index (χ4v) is 5.00. The molecule has 1 fully saturated rings. The molecule has 7 nitrogen and oxygen atoms in total. The van der Waals surface area contributed by atoms with E-state index in [0.717, 1.165) is 29.5 Å². The number of nitrogens with one attached hydrogen (secondary N) is 1. The molecule has 1 aliphatic rings. The summed E-state index contributed by atoms with van der Waals surface area (Å²) in [7, 11) is 0. The molecule has 8 heteroatoms. The molecule has 1 unspecified atom stereocenters. The third-order valence-corrected chi connectivity index (χ3v) is 6.84. The van der Waals surface area contributed by atoms with Gasteiger partial charge in [-0.25, -0.2) is 4.98 Å². The number of piperidine rings is 1. The van der Waals surface area contributed by atoms with Crippen LogP contribution in [0.3, 0.4) is 0 Å². The highest BCUT2D eigenvalue weighted by Crippen LogP contribution is 2.30. The standard InChI is InChI=1S/C24H28N4O3S/c1-3-20(29)26-18-5-4-11-27(13-18)21(30)10-12-28-15-25-23-22(24(28)31)19(14-32-23)17-8-6-16(2)7-9-17/h6-9,14-15,18H,3-5,10-13H2,1-2H3,(H,26,29). The predicted molar refractivity (Wildman–Crippen MR) is 127 cm³/mol. The smallest absolute Gasteiger partial charge is 0.262 e. The Hall–Kier alpha value is -3.00. The van der Waals surface area contributed by atoms with Crippen molar-refractivity contribution in [2.45, 2.75) is 52.1 Å². The summed E-state index contributed by atoms with van der Waals surface area (Å²) in [5.41, 5.74) is 2.92. The number of nitrogens with zero attached hydrogens (tertiary/aromatic N) is 3. The Morgan fingerprint density at radius 3 is 2.78 bits per heavy atom. The molecular weight excluding hydrogens is 424 g/mol. The Morgan fingerprint density at radius 1 is 1.25 bits per heavy atom. The number of carbonyl (C=O) groups excluding carboxylic acids is 2. The second-order valence-electron chi connectivity index (χ2n) is 8.29. The van der Waals surface area contributed by atoms with Crippen molar-refractivity contribution in [2.24, 2.45) is 0 Å². The number of hydrogen-bond donors (Lipinski definition) is 1. The first-order valence-corrected chi connectivity index (χ1v) is 11.9. The third-order valence-electron chi connectivity index (χ3n) is 5.95. The molecule has 3 heterocycles. The van der Waals surface area contributed by atoms with E-state index in [1.165, 1.54) is 22.2 Å². The third kappa shape index (κ3) is 4.75.